The van der Waals surface area contributed by atoms with E-state index in [2.05, 4.69) is 5.32 Å². The van der Waals surface area contributed by atoms with Crippen molar-refractivity contribution in [3.8, 4) is 0 Å². The highest BCUT2D eigenvalue weighted by molar-refractivity contribution is 5.40. The van der Waals surface area contributed by atoms with Crippen LogP contribution in [0.4, 0.5) is 10.1 Å². The summed E-state index contributed by atoms with van der Waals surface area (Å²) in [6.45, 7) is 2.29. The Labute approximate surface area is 108 Å². The van der Waals surface area contributed by atoms with E-state index in [-0.39, 0.29) is 5.82 Å². The van der Waals surface area contributed by atoms with Crippen LogP contribution < -0.4 is 11.1 Å². The van der Waals surface area contributed by atoms with Crippen LogP contribution in [-0.4, -0.2) is 20.3 Å². The van der Waals surface area contributed by atoms with E-state index in [0.29, 0.717) is 23.2 Å². The molecule has 2 rings (SSSR count). The number of hydrogen-bond acceptors (Lipinski definition) is 3. The lowest BCUT2D eigenvalue weighted by Crippen LogP contribution is -2.25. The fourth-order valence-electron chi connectivity index (χ4n) is 2.18. The topological polar surface area (TPSA) is 47.3 Å². The number of nitrogen functional groups attached to an aromatic ring is 1. The first-order chi connectivity index (χ1) is 8.65. The van der Waals surface area contributed by atoms with Gasteiger partial charge in [-0.05, 0) is 36.8 Å². The third kappa shape index (κ3) is 3.43. The van der Waals surface area contributed by atoms with Crippen LogP contribution >= 0.6 is 0 Å². The zero-order valence-corrected chi connectivity index (χ0v) is 10.8. The molecule has 1 fully saturated rings. The van der Waals surface area contributed by atoms with E-state index in [9.17, 15) is 4.39 Å². The molecule has 0 radical (unpaired) electrons. The molecule has 4 heteroatoms. The van der Waals surface area contributed by atoms with Crippen molar-refractivity contribution in [1.82, 2.24) is 5.32 Å². The lowest BCUT2D eigenvalue weighted by Gasteiger charge is -2.15. The molecule has 0 amide bonds. The van der Waals surface area contributed by atoms with Gasteiger partial charge in [-0.3, -0.25) is 0 Å². The minimum Gasteiger partial charge on any atom is -0.399 e. The van der Waals surface area contributed by atoms with Crippen LogP contribution in [0.2, 0.25) is 0 Å². The van der Waals surface area contributed by atoms with Crippen molar-refractivity contribution in [1.29, 1.82) is 0 Å². The highest BCUT2D eigenvalue weighted by Crippen LogP contribution is 2.48. The van der Waals surface area contributed by atoms with Gasteiger partial charge in [0, 0.05) is 38.1 Å². The third-order valence-corrected chi connectivity index (χ3v) is 3.69. The highest BCUT2D eigenvalue weighted by atomic mass is 19.1. The molecule has 3 nitrogen and oxygen atoms in total. The van der Waals surface area contributed by atoms with Gasteiger partial charge in [-0.2, -0.15) is 0 Å². The van der Waals surface area contributed by atoms with E-state index in [1.807, 2.05) is 0 Å². The Morgan fingerprint density at radius 1 is 1.44 bits per heavy atom. The number of hydrogen-bond donors (Lipinski definition) is 2. The summed E-state index contributed by atoms with van der Waals surface area (Å²) < 4.78 is 18.7. The summed E-state index contributed by atoms with van der Waals surface area (Å²) in [4.78, 5) is 0. The maximum Gasteiger partial charge on any atom is 0.129 e. The molecule has 1 saturated carbocycles. The average Bonchev–Trinajstić information content (AvgIpc) is 3.10. The van der Waals surface area contributed by atoms with E-state index in [1.54, 1.807) is 19.2 Å². The monoisotopic (exact) mass is 252 g/mol. The molecule has 0 unspecified atom stereocenters. The molecular formula is C14H21FN2O. The van der Waals surface area contributed by atoms with Crippen molar-refractivity contribution >= 4 is 5.69 Å². The average molecular weight is 252 g/mol. The van der Waals surface area contributed by atoms with Crippen molar-refractivity contribution in [2.75, 3.05) is 26.0 Å². The molecule has 100 valence electrons. The predicted octanol–water partition coefficient (Wildman–Crippen LogP) is 2.31. The Morgan fingerprint density at radius 2 is 2.22 bits per heavy atom. The minimum absolute atomic E-state index is 0.232. The van der Waals surface area contributed by atoms with Crippen LogP contribution in [0.5, 0.6) is 0 Å². The van der Waals surface area contributed by atoms with Gasteiger partial charge < -0.3 is 15.8 Å². The number of rotatable bonds is 7. The number of anilines is 1. The van der Waals surface area contributed by atoms with Crippen molar-refractivity contribution < 1.29 is 9.13 Å². The maximum absolute atomic E-state index is 13.5. The Hall–Kier alpha value is -1.13. The van der Waals surface area contributed by atoms with Crippen molar-refractivity contribution in [3.63, 3.8) is 0 Å². The molecule has 1 aliphatic carbocycles. The first-order valence-corrected chi connectivity index (χ1v) is 6.39. The van der Waals surface area contributed by atoms with Gasteiger partial charge in [0.1, 0.15) is 5.82 Å². The lowest BCUT2D eigenvalue weighted by atomic mass is 10.0. The second-order valence-electron chi connectivity index (χ2n) is 5.20. The van der Waals surface area contributed by atoms with Gasteiger partial charge >= 0.3 is 0 Å². The number of halogens is 1. The molecular weight excluding hydrogens is 231 g/mol. The van der Waals surface area contributed by atoms with E-state index in [4.69, 9.17) is 10.5 Å². The number of nitrogens with one attached hydrogen (secondary N) is 1. The molecule has 1 aromatic rings. The van der Waals surface area contributed by atoms with Gasteiger partial charge in [0.15, 0.2) is 0 Å². The maximum atomic E-state index is 13.5. The third-order valence-electron chi connectivity index (χ3n) is 3.69. The lowest BCUT2D eigenvalue weighted by molar-refractivity contribution is 0.171. The summed E-state index contributed by atoms with van der Waals surface area (Å²) in [7, 11) is 1.73. The summed E-state index contributed by atoms with van der Waals surface area (Å²) in [6.07, 6.45) is 3.57. The quantitative estimate of drug-likeness (QED) is 0.732. The molecule has 3 N–H and O–H groups in total. The molecule has 0 aromatic heterocycles. The number of nitrogens with two attached hydrogens (primary N) is 1. The molecule has 1 aliphatic rings. The van der Waals surface area contributed by atoms with Crippen LogP contribution in [0.1, 0.15) is 24.8 Å². The fourth-order valence-corrected chi connectivity index (χ4v) is 2.18. The van der Waals surface area contributed by atoms with E-state index in [0.717, 1.165) is 19.6 Å². The minimum atomic E-state index is -0.232. The van der Waals surface area contributed by atoms with Gasteiger partial charge in [0.05, 0.1) is 0 Å². The van der Waals surface area contributed by atoms with Crippen LogP contribution in [0.25, 0.3) is 0 Å². The molecule has 18 heavy (non-hydrogen) atoms. The van der Waals surface area contributed by atoms with Crippen LogP contribution in [-0.2, 0) is 11.3 Å². The van der Waals surface area contributed by atoms with Crippen LogP contribution in [0, 0.1) is 11.2 Å². The summed E-state index contributed by atoms with van der Waals surface area (Å²) in [5.74, 6) is -0.232. The molecule has 0 heterocycles. The van der Waals surface area contributed by atoms with E-state index >= 15 is 0 Å². The van der Waals surface area contributed by atoms with Crippen LogP contribution in [0.15, 0.2) is 18.2 Å². The van der Waals surface area contributed by atoms with Gasteiger partial charge in [-0.1, -0.05) is 6.07 Å². The summed E-state index contributed by atoms with van der Waals surface area (Å²) >= 11 is 0. The van der Waals surface area contributed by atoms with E-state index in [1.165, 1.54) is 18.9 Å². The smallest absolute Gasteiger partial charge is 0.129 e. The summed E-state index contributed by atoms with van der Waals surface area (Å²) in [5.41, 5.74) is 7.05. The Bertz CT molecular complexity index is 405. The second-order valence-corrected chi connectivity index (χ2v) is 5.20. The molecule has 0 atom stereocenters. The standard InChI is InChI=1S/C14H21FN2O/c1-18-7-6-14(4-5-14)10-17-9-11-2-3-12(16)8-13(11)15/h2-3,8,17H,4-7,9-10,16H2,1H3. The Morgan fingerprint density at radius 3 is 2.83 bits per heavy atom. The zero-order valence-electron chi connectivity index (χ0n) is 10.8. The molecule has 0 bridgehead atoms. The van der Waals surface area contributed by atoms with Crippen LogP contribution in [0.3, 0.4) is 0 Å². The summed E-state index contributed by atoms with van der Waals surface area (Å²) in [5, 5.41) is 3.34. The summed E-state index contributed by atoms with van der Waals surface area (Å²) in [6, 6.07) is 4.85. The van der Waals surface area contributed by atoms with E-state index < -0.39 is 0 Å². The molecule has 0 saturated heterocycles. The largest absolute Gasteiger partial charge is 0.399 e. The van der Waals surface area contributed by atoms with Gasteiger partial charge in [-0.15, -0.1) is 0 Å². The number of benzene rings is 1. The Kier molecular flexibility index (Phi) is 4.19. The first-order valence-electron chi connectivity index (χ1n) is 6.39. The fraction of sp³-hybridized carbons (Fsp3) is 0.571. The SMILES string of the molecule is COCCC1(CNCc2ccc(N)cc2F)CC1. The van der Waals surface area contributed by atoms with Crippen molar-refractivity contribution in [3.05, 3.63) is 29.6 Å². The second kappa shape index (κ2) is 5.67. The van der Waals surface area contributed by atoms with Crippen molar-refractivity contribution in [2.24, 2.45) is 5.41 Å². The molecule has 0 aliphatic heterocycles. The predicted molar refractivity (Wildman–Crippen MR) is 70.7 cm³/mol. The first kappa shape index (κ1) is 13.3. The van der Waals surface area contributed by atoms with Crippen molar-refractivity contribution in [2.45, 2.75) is 25.8 Å². The Balaban J connectivity index is 1.78. The van der Waals surface area contributed by atoms with Gasteiger partial charge in [0.25, 0.3) is 0 Å². The normalized spacial score (nSPS) is 16.8. The van der Waals surface area contributed by atoms with Gasteiger partial charge in [-0.25, -0.2) is 4.39 Å². The highest BCUT2D eigenvalue weighted by Gasteiger charge is 2.41. The number of ether oxygens (including phenoxy) is 1. The zero-order chi connectivity index (χ0) is 13.0. The molecule has 0 spiro atoms. The number of methoxy groups -OCH3 is 1. The van der Waals surface area contributed by atoms with Gasteiger partial charge in [0.2, 0.25) is 0 Å². The molecule has 1 aromatic carbocycles.